The maximum atomic E-state index is 13.0. The summed E-state index contributed by atoms with van der Waals surface area (Å²) in [6.07, 6.45) is 5.14. The molecular formula is C14H21BF3O2-. The highest BCUT2D eigenvalue weighted by Gasteiger charge is 2.29. The van der Waals surface area contributed by atoms with Crippen LogP contribution in [0.4, 0.5) is 12.9 Å². The lowest BCUT2D eigenvalue weighted by atomic mass is 9.79. The van der Waals surface area contributed by atoms with Gasteiger partial charge in [-0.2, -0.15) is 0 Å². The smallest absolute Gasteiger partial charge is 0.497 e. The second kappa shape index (κ2) is 8.07. The Hall–Kier alpha value is -1.33. The van der Waals surface area contributed by atoms with E-state index in [0.29, 0.717) is 6.61 Å². The lowest BCUT2D eigenvalue weighted by Crippen LogP contribution is -2.35. The van der Waals surface area contributed by atoms with Crippen LogP contribution in [0.5, 0.6) is 11.5 Å². The maximum absolute atomic E-state index is 13.0. The first-order chi connectivity index (χ1) is 9.49. The number of hydrogen-bond donors (Lipinski definition) is 0. The lowest BCUT2D eigenvalue weighted by Gasteiger charge is -2.20. The molecule has 0 aromatic heterocycles. The van der Waals surface area contributed by atoms with Crippen molar-refractivity contribution < 1.29 is 22.4 Å². The van der Waals surface area contributed by atoms with Gasteiger partial charge in [0.25, 0.3) is 0 Å². The van der Waals surface area contributed by atoms with Gasteiger partial charge in [-0.1, -0.05) is 38.1 Å². The van der Waals surface area contributed by atoms with Crippen molar-refractivity contribution in [1.82, 2.24) is 0 Å². The first kappa shape index (κ1) is 16.7. The minimum Gasteiger partial charge on any atom is -0.497 e. The monoisotopic (exact) mass is 289 g/mol. The van der Waals surface area contributed by atoms with Crippen LogP contribution in [0, 0.1) is 0 Å². The fourth-order valence-corrected chi connectivity index (χ4v) is 1.93. The van der Waals surface area contributed by atoms with Gasteiger partial charge in [-0.25, -0.2) is 0 Å². The van der Waals surface area contributed by atoms with Crippen LogP contribution in [0.15, 0.2) is 18.2 Å². The van der Waals surface area contributed by atoms with Crippen molar-refractivity contribution in [2.45, 2.75) is 39.0 Å². The highest BCUT2D eigenvalue weighted by atomic mass is 19.4. The second-order valence-corrected chi connectivity index (χ2v) is 4.74. The van der Waals surface area contributed by atoms with Gasteiger partial charge in [-0.3, -0.25) is 0 Å². The molecule has 0 heterocycles. The van der Waals surface area contributed by atoms with E-state index in [1.165, 1.54) is 19.2 Å². The number of benzene rings is 1. The normalized spacial score (nSPS) is 11.4. The first-order valence-electron chi connectivity index (χ1n) is 6.99. The van der Waals surface area contributed by atoms with Crippen LogP contribution in [0.2, 0.25) is 0 Å². The predicted octanol–water partition coefficient (Wildman–Crippen LogP) is 4.10. The van der Waals surface area contributed by atoms with Crippen molar-refractivity contribution in [3.05, 3.63) is 18.2 Å². The lowest BCUT2D eigenvalue weighted by molar-refractivity contribution is 0.304. The maximum Gasteiger partial charge on any atom is 0.513 e. The van der Waals surface area contributed by atoms with Crippen LogP contribution in [0.1, 0.15) is 39.0 Å². The molecule has 0 fully saturated rings. The van der Waals surface area contributed by atoms with Crippen molar-refractivity contribution >= 4 is 12.4 Å². The minimum atomic E-state index is -5.10. The number of unbranched alkanes of at least 4 members (excludes halogenated alkanes) is 4. The van der Waals surface area contributed by atoms with E-state index in [1.54, 1.807) is 0 Å². The molecule has 0 saturated carbocycles. The van der Waals surface area contributed by atoms with E-state index >= 15 is 0 Å². The topological polar surface area (TPSA) is 18.5 Å². The zero-order valence-corrected chi connectivity index (χ0v) is 12.0. The van der Waals surface area contributed by atoms with Crippen LogP contribution >= 0.6 is 0 Å². The summed E-state index contributed by atoms with van der Waals surface area (Å²) < 4.78 is 49.0. The second-order valence-electron chi connectivity index (χ2n) is 4.74. The first-order valence-corrected chi connectivity index (χ1v) is 6.99. The molecule has 20 heavy (non-hydrogen) atoms. The average Bonchev–Trinajstić information content (AvgIpc) is 2.41. The van der Waals surface area contributed by atoms with E-state index in [0.717, 1.165) is 38.2 Å². The molecule has 0 saturated heterocycles. The fourth-order valence-electron chi connectivity index (χ4n) is 1.93. The Morgan fingerprint density at radius 1 is 1.05 bits per heavy atom. The molecule has 0 amide bonds. The van der Waals surface area contributed by atoms with Crippen LogP contribution in [-0.2, 0) is 0 Å². The molecular weight excluding hydrogens is 268 g/mol. The van der Waals surface area contributed by atoms with Gasteiger partial charge in [0.2, 0.25) is 0 Å². The molecule has 2 nitrogen and oxygen atoms in total. The zero-order chi connectivity index (χ0) is 15.0. The molecule has 1 aromatic carbocycles. The number of halogens is 3. The SMILES string of the molecule is CCCCCCCOc1ccc(OC)cc1[B-](F)(F)F. The van der Waals surface area contributed by atoms with Gasteiger partial charge < -0.3 is 22.4 Å². The van der Waals surface area contributed by atoms with Crippen LogP contribution in [0.25, 0.3) is 0 Å². The van der Waals surface area contributed by atoms with E-state index in [2.05, 4.69) is 6.92 Å². The van der Waals surface area contributed by atoms with Gasteiger partial charge in [0.05, 0.1) is 19.5 Å². The van der Waals surface area contributed by atoms with Crippen LogP contribution in [0.3, 0.4) is 0 Å². The molecule has 0 aliphatic heterocycles. The van der Waals surface area contributed by atoms with Gasteiger partial charge in [-0.05, 0) is 24.6 Å². The van der Waals surface area contributed by atoms with E-state index in [-0.39, 0.29) is 11.5 Å². The summed E-state index contributed by atoms with van der Waals surface area (Å²) >= 11 is 0. The van der Waals surface area contributed by atoms with E-state index in [4.69, 9.17) is 9.47 Å². The van der Waals surface area contributed by atoms with Crippen molar-refractivity contribution in [1.29, 1.82) is 0 Å². The number of methoxy groups -OCH3 is 1. The molecule has 6 heteroatoms. The Labute approximate surface area is 118 Å². The molecule has 0 unspecified atom stereocenters. The van der Waals surface area contributed by atoms with Crippen LogP contribution < -0.4 is 14.9 Å². The highest BCUT2D eigenvalue weighted by molar-refractivity contribution is 6.74. The van der Waals surface area contributed by atoms with Gasteiger partial charge in [0.15, 0.2) is 0 Å². The van der Waals surface area contributed by atoms with E-state index < -0.39 is 12.4 Å². The average molecular weight is 289 g/mol. The van der Waals surface area contributed by atoms with Gasteiger partial charge in [0, 0.05) is 0 Å². The summed E-state index contributed by atoms with van der Waals surface area (Å²) in [4.78, 5) is 0. The molecule has 0 aliphatic rings. The fraction of sp³-hybridized carbons (Fsp3) is 0.571. The third-order valence-corrected chi connectivity index (χ3v) is 3.08. The van der Waals surface area contributed by atoms with Crippen LogP contribution in [-0.4, -0.2) is 20.7 Å². The van der Waals surface area contributed by atoms with Crippen molar-refractivity contribution in [2.75, 3.05) is 13.7 Å². The van der Waals surface area contributed by atoms with E-state index in [9.17, 15) is 12.9 Å². The van der Waals surface area contributed by atoms with Crippen molar-refractivity contribution in [2.24, 2.45) is 0 Å². The highest BCUT2D eigenvalue weighted by Crippen LogP contribution is 2.22. The molecule has 0 bridgehead atoms. The summed E-state index contributed by atoms with van der Waals surface area (Å²) in [6, 6.07) is 3.81. The summed E-state index contributed by atoms with van der Waals surface area (Å²) in [7, 11) is 1.34. The Balaban J connectivity index is 2.60. The molecule has 1 rings (SSSR count). The van der Waals surface area contributed by atoms with Gasteiger partial charge in [-0.15, -0.1) is 0 Å². The molecule has 0 spiro atoms. The molecule has 0 N–H and O–H groups in total. The molecule has 1 aromatic rings. The number of ether oxygens (including phenoxy) is 2. The third kappa shape index (κ3) is 5.35. The molecule has 114 valence electrons. The zero-order valence-electron chi connectivity index (χ0n) is 12.0. The summed E-state index contributed by atoms with van der Waals surface area (Å²) in [6.45, 7) is -2.67. The standard InChI is InChI=1S/C14H21BF3O2/c1-3-4-5-6-7-10-20-14-9-8-12(19-2)11-13(14)15(16,17)18/h8-9,11H,3-7,10H2,1-2H3/q-1. The Morgan fingerprint density at radius 3 is 2.35 bits per heavy atom. The molecule has 0 radical (unpaired) electrons. The minimum absolute atomic E-state index is 0.103. The van der Waals surface area contributed by atoms with Crippen molar-refractivity contribution in [3.63, 3.8) is 0 Å². The quantitative estimate of drug-likeness (QED) is 0.503. The molecule has 0 aliphatic carbocycles. The Morgan fingerprint density at radius 2 is 1.75 bits per heavy atom. The predicted molar refractivity (Wildman–Crippen MR) is 76.0 cm³/mol. The van der Waals surface area contributed by atoms with Gasteiger partial charge >= 0.3 is 6.98 Å². The van der Waals surface area contributed by atoms with Crippen molar-refractivity contribution in [3.8, 4) is 11.5 Å². The summed E-state index contributed by atoms with van der Waals surface area (Å²) in [5.41, 5.74) is -0.724. The molecule has 0 atom stereocenters. The van der Waals surface area contributed by atoms with E-state index in [1.807, 2.05) is 0 Å². The van der Waals surface area contributed by atoms with Gasteiger partial charge in [0.1, 0.15) is 5.75 Å². The summed E-state index contributed by atoms with van der Waals surface area (Å²) in [5.74, 6) is 0.0864. The Bertz CT molecular complexity index is 408. The number of rotatable bonds is 9. The summed E-state index contributed by atoms with van der Waals surface area (Å²) in [5, 5.41) is 0. The Kier molecular flexibility index (Phi) is 6.75. The third-order valence-electron chi connectivity index (χ3n) is 3.08. The largest absolute Gasteiger partial charge is 0.513 e. The number of hydrogen-bond acceptors (Lipinski definition) is 2.